The second kappa shape index (κ2) is 8.85. The number of aromatic nitrogens is 3. The SMILES string of the molecule is Cc1nc(N2CCN(Cc3ccc(C(F)(F)F)cc3)C2=O)sc1C(=O)NCc1ccn(C)n1. The van der Waals surface area contributed by atoms with Gasteiger partial charge in [0, 0.05) is 32.9 Å². The number of carbonyl (C=O) groups excluding carboxylic acids is 2. The Hall–Kier alpha value is -3.41. The Balaban J connectivity index is 1.39. The van der Waals surface area contributed by atoms with Gasteiger partial charge in [-0.15, -0.1) is 0 Å². The smallest absolute Gasteiger partial charge is 0.346 e. The number of rotatable bonds is 6. The van der Waals surface area contributed by atoms with Crippen molar-refractivity contribution >= 4 is 28.4 Å². The molecule has 0 bridgehead atoms. The van der Waals surface area contributed by atoms with Crippen molar-refractivity contribution in [2.75, 3.05) is 18.0 Å². The van der Waals surface area contributed by atoms with Crippen molar-refractivity contribution in [1.82, 2.24) is 25.0 Å². The van der Waals surface area contributed by atoms with Gasteiger partial charge < -0.3 is 10.2 Å². The summed E-state index contributed by atoms with van der Waals surface area (Å²) in [6.07, 6.45) is -2.62. The predicted molar refractivity (Wildman–Crippen MR) is 116 cm³/mol. The van der Waals surface area contributed by atoms with Crippen LogP contribution in [0.1, 0.15) is 32.2 Å². The zero-order chi connectivity index (χ0) is 23.8. The lowest BCUT2D eigenvalue weighted by Crippen LogP contribution is -2.31. The maximum Gasteiger partial charge on any atom is 0.416 e. The molecule has 1 aliphatic heterocycles. The van der Waals surface area contributed by atoms with E-state index in [9.17, 15) is 22.8 Å². The molecule has 1 fully saturated rings. The summed E-state index contributed by atoms with van der Waals surface area (Å²) >= 11 is 1.13. The van der Waals surface area contributed by atoms with E-state index in [-0.39, 0.29) is 25.0 Å². The van der Waals surface area contributed by atoms with Gasteiger partial charge in [-0.1, -0.05) is 23.5 Å². The van der Waals surface area contributed by atoms with Gasteiger partial charge in [-0.2, -0.15) is 18.3 Å². The monoisotopic (exact) mass is 478 g/mol. The molecule has 8 nitrogen and oxygen atoms in total. The second-order valence-electron chi connectivity index (χ2n) is 7.62. The largest absolute Gasteiger partial charge is 0.416 e. The molecule has 0 atom stereocenters. The highest BCUT2D eigenvalue weighted by Crippen LogP contribution is 2.31. The maximum absolute atomic E-state index is 12.9. The van der Waals surface area contributed by atoms with E-state index in [0.29, 0.717) is 34.4 Å². The highest BCUT2D eigenvalue weighted by atomic mass is 32.1. The number of hydrogen-bond acceptors (Lipinski definition) is 5. The van der Waals surface area contributed by atoms with E-state index in [1.54, 1.807) is 35.8 Å². The van der Waals surface area contributed by atoms with Crippen LogP contribution in [0.3, 0.4) is 0 Å². The number of hydrogen-bond donors (Lipinski definition) is 1. The average Bonchev–Trinajstić information content (AvgIpc) is 3.45. The van der Waals surface area contributed by atoms with E-state index in [0.717, 1.165) is 29.2 Å². The Kier molecular flexibility index (Phi) is 6.11. The van der Waals surface area contributed by atoms with Crippen molar-refractivity contribution in [3.05, 3.63) is 63.9 Å². The first-order chi connectivity index (χ1) is 15.6. The summed E-state index contributed by atoms with van der Waals surface area (Å²) in [5.41, 5.74) is 1.11. The molecule has 2 aromatic heterocycles. The van der Waals surface area contributed by atoms with Crippen LogP contribution in [-0.2, 0) is 26.3 Å². The van der Waals surface area contributed by atoms with Crippen LogP contribution in [0.2, 0.25) is 0 Å². The molecule has 1 saturated heterocycles. The second-order valence-corrected chi connectivity index (χ2v) is 8.60. The summed E-state index contributed by atoms with van der Waals surface area (Å²) in [4.78, 5) is 33.3. The molecular formula is C21H21F3N6O2S. The van der Waals surface area contributed by atoms with Crippen LogP contribution >= 0.6 is 11.3 Å². The average molecular weight is 479 g/mol. The fourth-order valence-corrected chi connectivity index (χ4v) is 4.45. The van der Waals surface area contributed by atoms with Crippen molar-refractivity contribution < 1.29 is 22.8 Å². The first kappa shape index (κ1) is 22.8. The molecule has 1 aliphatic rings. The fourth-order valence-electron chi connectivity index (χ4n) is 3.44. The van der Waals surface area contributed by atoms with E-state index in [1.807, 2.05) is 0 Å². The third-order valence-electron chi connectivity index (χ3n) is 5.17. The van der Waals surface area contributed by atoms with Crippen LogP contribution in [0, 0.1) is 6.92 Å². The van der Waals surface area contributed by atoms with Crippen molar-refractivity contribution in [2.24, 2.45) is 7.05 Å². The Morgan fingerprint density at radius 1 is 1.18 bits per heavy atom. The molecule has 4 rings (SSSR count). The predicted octanol–water partition coefficient (Wildman–Crippen LogP) is 3.58. The zero-order valence-electron chi connectivity index (χ0n) is 17.9. The number of halogens is 3. The third kappa shape index (κ3) is 5.00. The van der Waals surface area contributed by atoms with Crippen molar-refractivity contribution in [3.8, 4) is 0 Å². The lowest BCUT2D eigenvalue weighted by Gasteiger charge is -2.17. The minimum atomic E-state index is -4.40. The van der Waals surface area contributed by atoms with Gasteiger partial charge in [-0.05, 0) is 30.7 Å². The Morgan fingerprint density at radius 2 is 1.91 bits per heavy atom. The number of aryl methyl sites for hydroxylation is 2. The normalized spacial score (nSPS) is 14.3. The summed E-state index contributed by atoms with van der Waals surface area (Å²) in [6.45, 7) is 2.95. The van der Waals surface area contributed by atoms with Gasteiger partial charge in [0.05, 0.1) is 23.5 Å². The Labute approximate surface area is 191 Å². The lowest BCUT2D eigenvalue weighted by atomic mass is 10.1. The summed E-state index contributed by atoms with van der Waals surface area (Å²) in [7, 11) is 1.79. The summed E-state index contributed by atoms with van der Waals surface area (Å²) in [5, 5.41) is 7.43. The Morgan fingerprint density at radius 3 is 2.55 bits per heavy atom. The number of benzene rings is 1. The summed E-state index contributed by atoms with van der Waals surface area (Å²) in [5.74, 6) is -0.296. The highest BCUT2D eigenvalue weighted by Gasteiger charge is 2.33. The number of urea groups is 1. The molecule has 0 unspecified atom stereocenters. The summed E-state index contributed by atoms with van der Waals surface area (Å²) in [6, 6.07) is 6.26. The molecule has 0 radical (unpaired) electrons. The standard InChI is InChI=1S/C21H21F3N6O2S/c1-13-17(18(31)25-11-16-7-8-28(2)27-16)33-19(26-13)30-10-9-29(20(30)32)12-14-3-5-15(6-4-14)21(22,23)24/h3-8H,9-12H2,1-2H3,(H,25,31). The molecule has 0 spiro atoms. The number of nitrogens with zero attached hydrogens (tertiary/aromatic N) is 5. The van der Waals surface area contributed by atoms with Crippen LogP contribution in [0.15, 0.2) is 36.5 Å². The number of carbonyl (C=O) groups is 2. The molecule has 12 heteroatoms. The van der Waals surface area contributed by atoms with E-state index in [1.165, 1.54) is 17.0 Å². The van der Waals surface area contributed by atoms with E-state index in [2.05, 4.69) is 15.4 Å². The molecule has 3 heterocycles. The lowest BCUT2D eigenvalue weighted by molar-refractivity contribution is -0.137. The van der Waals surface area contributed by atoms with Crippen molar-refractivity contribution in [3.63, 3.8) is 0 Å². The molecule has 33 heavy (non-hydrogen) atoms. The van der Waals surface area contributed by atoms with Gasteiger partial charge in [-0.25, -0.2) is 9.78 Å². The third-order valence-corrected chi connectivity index (χ3v) is 6.35. The number of nitrogens with one attached hydrogen (secondary N) is 1. The molecule has 3 aromatic rings. The molecule has 0 saturated carbocycles. The minimum Gasteiger partial charge on any atom is -0.346 e. The van der Waals surface area contributed by atoms with E-state index < -0.39 is 11.7 Å². The summed E-state index contributed by atoms with van der Waals surface area (Å²) < 4.78 is 39.9. The van der Waals surface area contributed by atoms with Crippen molar-refractivity contribution in [2.45, 2.75) is 26.2 Å². The number of amides is 3. The van der Waals surface area contributed by atoms with Gasteiger partial charge in [-0.3, -0.25) is 14.4 Å². The number of alkyl halides is 3. The molecule has 1 aromatic carbocycles. The number of thiazole rings is 1. The Bertz CT molecular complexity index is 1170. The van der Waals surface area contributed by atoms with Gasteiger partial charge >= 0.3 is 12.2 Å². The molecular weight excluding hydrogens is 457 g/mol. The van der Waals surface area contributed by atoms with Crippen LogP contribution in [0.4, 0.5) is 23.1 Å². The quantitative estimate of drug-likeness (QED) is 0.587. The topological polar surface area (TPSA) is 83.4 Å². The van der Waals surface area contributed by atoms with Crippen LogP contribution in [0.5, 0.6) is 0 Å². The van der Waals surface area contributed by atoms with Crippen LogP contribution < -0.4 is 10.2 Å². The minimum absolute atomic E-state index is 0.190. The first-order valence-corrected chi connectivity index (χ1v) is 10.9. The molecule has 0 aliphatic carbocycles. The van der Waals surface area contributed by atoms with Crippen LogP contribution in [0.25, 0.3) is 0 Å². The molecule has 174 valence electrons. The van der Waals surface area contributed by atoms with Gasteiger partial charge in [0.15, 0.2) is 5.13 Å². The van der Waals surface area contributed by atoms with Gasteiger partial charge in [0.2, 0.25) is 0 Å². The highest BCUT2D eigenvalue weighted by molar-refractivity contribution is 7.17. The van der Waals surface area contributed by atoms with E-state index in [4.69, 9.17) is 0 Å². The fraction of sp³-hybridized carbons (Fsp3) is 0.333. The van der Waals surface area contributed by atoms with Crippen molar-refractivity contribution in [1.29, 1.82) is 0 Å². The maximum atomic E-state index is 12.9. The number of anilines is 1. The zero-order valence-corrected chi connectivity index (χ0v) is 18.7. The molecule has 3 amide bonds. The van der Waals surface area contributed by atoms with Crippen LogP contribution in [-0.4, -0.2) is 44.7 Å². The molecule has 1 N–H and O–H groups in total. The first-order valence-electron chi connectivity index (χ1n) is 10.1. The van der Waals surface area contributed by atoms with Gasteiger partial charge in [0.25, 0.3) is 5.91 Å². The van der Waals surface area contributed by atoms with Gasteiger partial charge in [0.1, 0.15) is 4.88 Å². The van der Waals surface area contributed by atoms with E-state index >= 15 is 0 Å².